The van der Waals surface area contributed by atoms with Gasteiger partial charge in [0.15, 0.2) is 9.84 Å². The summed E-state index contributed by atoms with van der Waals surface area (Å²) in [6.07, 6.45) is 6.50. The third-order valence-corrected chi connectivity index (χ3v) is 4.57. The van der Waals surface area contributed by atoms with Gasteiger partial charge >= 0.3 is 0 Å². The minimum Gasteiger partial charge on any atom is -0.356 e. The Balaban J connectivity index is 1.85. The lowest BCUT2D eigenvalue weighted by Gasteiger charge is -2.20. The molecule has 2 heterocycles. The zero-order valence-corrected chi connectivity index (χ0v) is 13.2. The molecule has 0 unspecified atom stereocenters. The normalized spacial score (nSPS) is 11.7. The molecule has 0 radical (unpaired) electrons. The Hall–Kier alpha value is -2.41. The summed E-state index contributed by atoms with van der Waals surface area (Å²) in [5.41, 5.74) is 1.03. The number of benzene rings is 1. The zero-order chi connectivity index (χ0) is 15.7. The largest absolute Gasteiger partial charge is 0.356 e. The second-order valence-corrected chi connectivity index (χ2v) is 7.19. The molecule has 0 aliphatic rings. The number of sulfone groups is 1. The molecule has 2 aromatic heterocycles. The maximum Gasteiger partial charge on any atom is 0.235 e. The van der Waals surface area contributed by atoms with Crippen molar-refractivity contribution in [1.29, 1.82) is 0 Å². The van der Waals surface area contributed by atoms with E-state index in [4.69, 9.17) is 0 Å². The van der Waals surface area contributed by atoms with E-state index < -0.39 is 9.84 Å². The van der Waals surface area contributed by atoms with Gasteiger partial charge in [0.2, 0.25) is 5.78 Å². The number of imidazole rings is 1. The number of hydrogen-bond donors (Lipinski definition) is 0. The van der Waals surface area contributed by atoms with Crippen molar-refractivity contribution in [3.8, 4) is 0 Å². The molecule has 6 nitrogen and oxygen atoms in total. The standard InChI is InChI=1S/C15H16N4O2S/c1-18(14-7-8-16-15-17-9-10-19(14)15)11-12-3-5-13(6-4-12)22(2,20)21/h3-10H,11H2,1-2H3. The molecular weight excluding hydrogens is 300 g/mol. The molecule has 0 spiro atoms. The Morgan fingerprint density at radius 3 is 2.45 bits per heavy atom. The number of nitrogens with zero attached hydrogens (tertiary/aromatic N) is 4. The van der Waals surface area contributed by atoms with Crippen LogP contribution in [0.25, 0.3) is 5.78 Å². The van der Waals surface area contributed by atoms with Crippen LogP contribution in [-0.4, -0.2) is 36.1 Å². The Kier molecular flexibility index (Phi) is 3.58. The molecule has 114 valence electrons. The Morgan fingerprint density at radius 2 is 1.77 bits per heavy atom. The lowest BCUT2D eigenvalue weighted by molar-refractivity contribution is 0.602. The first-order valence-electron chi connectivity index (χ1n) is 6.73. The summed E-state index contributed by atoms with van der Waals surface area (Å²) in [6, 6.07) is 8.85. The second-order valence-electron chi connectivity index (χ2n) is 5.17. The van der Waals surface area contributed by atoms with Gasteiger partial charge in [0.1, 0.15) is 5.82 Å². The molecule has 0 aliphatic heterocycles. The number of anilines is 1. The highest BCUT2D eigenvalue weighted by atomic mass is 32.2. The minimum atomic E-state index is -3.16. The van der Waals surface area contributed by atoms with E-state index in [1.165, 1.54) is 6.26 Å². The predicted octanol–water partition coefficient (Wildman–Crippen LogP) is 1.77. The minimum absolute atomic E-state index is 0.333. The predicted molar refractivity (Wildman–Crippen MR) is 84.6 cm³/mol. The van der Waals surface area contributed by atoms with E-state index in [1.807, 2.05) is 35.8 Å². The first kappa shape index (κ1) is 14.5. The molecule has 22 heavy (non-hydrogen) atoms. The van der Waals surface area contributed by atoms with Crippen LogP contribution >= 0.6 is 0 Å². The Bertz CT molecular complexity index is 901. The highest BCUT2D eigenvalue weighted by Gasteiger charge is 2.09. The lowest BCUT2D eigenvalue weighted by Crippen LogP contribution is -2.19. The fourth-order valence-electron chi connectivity index (χ4n) is 2.33. The van der Waals surface area contributed by atoms with Gasteiger partial charge in [-0.05, 0) is 23.8 Å². The summed E-state index contributed by atoms with van der Waals surface area (Å²) in [7, 11) is -1.18. The molecule has 0 aliphatic carbocycles. The van der Waals surface area contributed by atoms with Gasteiger partial charge in [-0.25, -0.2) is 18.4 Å². The zero-order valence-electron chi connectivity index (χ0n) is 12.3. The van der Waals surface area contributed by atoms with E-state index in [2.05, 4.69) is 14.9 Å². The average Bonchev–Trinajstić information content (AvgIpc) is 2.95. The molecule has 7 heteroatoms. The number of fused-ring (bicyclic) bond motifs is 1. The van der Waals surface area contributed by atoms with Crippen molar-refractivity contribution in [1.82, 2.24) is 14.4 Å². The summed E-state index contributed by atoms with van der Waals surface area (Å²) < 4.78 is 24.9. The van der Waals surface area contributed by atoms with Gasteiger partial charge in [-0.3, -0.25) is 4.40 Å². The monoisotopic (exact) mass is 316 g/mol. The van der Waals surface area contributed by atoms with Crippen LogP contribution < -0.4 is 4.90 Å². The lowest BCUT2D eigenvalue weighted by atomic mass is 10.2. The first-order valence-corrected chi connectivity index (χ1v) is 8.62. The molecule has 0 atom stereocenters. The van der Waals surface area contributed by atoms with Crippen molar-refractivity contribution in [2.45, 2.75) is 11.4 Å². The Morgan fingerprint density at radius 1 is 1.09 bits per heavy atom. The summed E-state index contributed by atoms with van der Waals surface area (Å²) in [5.74, 6) is 1.62. The van der Waals surface area contributed by atoms with E-state index in [9.17, 15) is 8.42 Å². The van der Waals surface area contributed by atoms with E-state index in [0.717, 1.165) is 11.4 Å². The average molecular weight is 316 g/mol. The van der Waals surface area contributed by atoms with Crippen molar-refractivity contribution in [3.63, 3.8) is 0 Å². The van der Waals surface area contributed by atoms with Gasteiger partial charge in [-0.15, -0.1) is 0 Å². The molecule has 3 aromatic rings. The smallest absolute Gasteiger partial charge is 0.235 e. The van der Waals surface area contributed by atoms with Crippen molar-refractivity contribution >= 4 is 21.4 Å². The number of aromatic nitrogens is 3. The number of rotatable bonds is 4. The van der Waals surface area contributed by atoms with Gasteiger partial charge in [-0.1, -0.05) is 12.1 Å². The van der Waals surface area contributed by atoms with Crippen molar-refractivity contribution in [2.24, 2.45) is 0 Å². The molecule has 0 N–H and O–H groups in total. The van der Waals surface area contributed by atoms with Crippen LogP contribution in [-0.2, 0) is 16.4 Å². The van der Waals surface area contributed by atoms with E-state index >= 15 is 0 Å². The third-order valence-electron chi connectivity index (χ3n) is 3.44. The summed E-state index contributed by atoms with van der Waals surface area (Å²) in [6.45, 7) is 0.654. The van der Waals surface area contributed by atoms with Gasteiger partial charge in [0, 0.05) is 38.4 Å². The van der Waals surface area contributed by atoms with Crippen LogP contribution in [0.3, 0.4) is 0 Å². The maximum atomic E-state index is 11.5. The van der Waals surface area contributed by atoms with Gasteiger partial charge in [0.05, 0.1) is 4.90 Å². The maximum absolute atomic E-state index is 11.5. The molecule has 0 saturated carbocycles. The molecule has 1 aromatic carbocycles. The molecule has 3 rings (SSSR count). The highest BCUT2D eigenvalue weighted by molar-refractivity contribution is 7.90. The highest BCUT2D eigenvalue weighted by Crippen LogP contribution is 2.17. The van der Waals surface area contributed by atoms with Crippen LogP contribution in [0.4, 0.5) is 5.82 Å². The van der Waals surface area contributed by atoms with E-state index in [1.54, 1.807) is 24.5 Å². The van der Waals surface area contributed by atoms with Crippen LogP contribution in [0.2, 0.25) is 0 Å². The topological polar surface area (TPSA) is 67.6 Å². The second kappa shape index (κ2) is 5.42. The van der Waals surface area contributed by atoms with Crippen molar-refractivity contribution in [2.75, 3.05) is 18.2 Å². The van der Waals surface area contributed by atoms with E-state index in [-0.39, 0.29) is 0 Å². The number of hydrogen-bond acceptors (Lipinski definition) is 5. The van der Waals surface area contributed by atoms with Crippen LogP contribution in [0.15, 0.2) is 53.8 Å². The van der Waals surface area contributed by atoms with Crippen LogP contribution in [0.5, 0.6) is 0 Å². The molecule has 0 saturated heterocycles. The van der Waals surface area contributed by atoms with E-state index in [0.29, 0.717) is 17.2 Å². The molecule has 0 amide bonds. The first-order chi connectivity index (χ1) is 10.4. The third kappa shape index (κ3) is 2.80. The fraction of sp³-hybridized carbons (Fsp3) is 0.200. The van der Waals surface area contributed by atoms with Gasteiger partial charge < -0.3 is 4.90 Å². The fourth-order valence-corrected chi connectivity index (χ4v) is 2.96. The van der Waals surface area contributed by atoms with Crippen molar-refractivity contribution in [3.05, 3.63) is 54.5 Å². The quantitative estimate of drug-likeness (QED) is 0.734. The summed E-state index contributed by atoms with van der Waals surface area (Å²) >= 11 is 0. The summed E-state index contributed by atoms with van der Waals surface area (Å²) in [4.78, 5) is 10.7. The SMILES string of the molecule is CN(Cc1ccc(S(C)(=O)=O)cc1)c1ccnc2nccn12. The van der Waals surface area contributed by atoms with Gasteiger partial charge in [-0.2, -0.15) is 0 Å². The van der Waals surface area contributed by atoms with Crippen molar-refractivity contribution < 1.29 is 8.42 Å². The summed E-state index contributed by atoms with van der Waals surface area (Å²) in [5, 5.41) is 0. The van der Waals surface area contributed by atoms with Gasteiger partial charge in [0.25, 0.3) is 0 Å². The molecular formula is C15H16N4O2S. The van der Waals surface area contributed by atoms with Crippen LogP contribution in [0.1, 0.15) is 5.56 Å². The Labute approximate surface area is 129 Å². The van der Waals surface area contributed by atoms with Crippen LogP contribution in [0, 0.1) is 0 Å². The molecule has 0 bridgehead atoms. The molecule has 0 fully saturated rings.